The summed E-state index contributed by atoms with van der Waals surface area (Å²) in [5.74, 6) is 0.890. The Balaban J connectivity index is 1.89. The Kier molecular flexibility index (Phi) is 5.27. The molecule has 0 aromatic carbocycles. The molecule has 104 valence electrons. The van der Waals surface area contributed by atoms with E-state index in [1.54, 1.807) is 28.0 Å². The van der Waals surface area contributed by atoms with Crippen LogP contribution in [-0.2, 0) is 16.0 Å². The Morgan fingerprint density at radius 1 is 1.47 bits per heavy atom. The van der Waals surface area contributed by atoms with Crippen LogP contribution >= 0.6 is 23.1 Å². The molecule has 1 amide bonds. The first-order chi connectivity index (χ1) is 9.16. The van der Waals surface area contributed by atoms with Gasteiger partial charge >= 0.3 is 5.97 Å². The van der Waals surface area contributed by atoms with Crippen LogP contribution in [0.5, 0.6) is 0 Å². The van der Waals surface area contributed by atoms with Crippen LogP contribution < -0.4 is 0 Å². The predicted octanol–water partition coefficient (Wildman–Crippen LogP) is 2.10. The molecule has 6 heteroatoms. The van der Waals surface area contributed by atoms with Crippen molar-refractivity contribution in [3.63, 3.8) is 0 Å². The molecule has 1 saturated heterocycles. The fourth-order valence-corrected chi connectivity index (χ4v) is 3.95. The van der Waals surface area contributed by atoms with Gasteiger partial charge in [0.05, 0.1) is 12.5 Å². The number of thioether (sulfide) groups is 1. The van der Waals surface area contributed by atoms with Gasteiger partial charge in [-0.15, -0.1) is 11.3 Å². The van der Waals surface area contributed by atoms with Crippen LogP contribution in [0.2, 0.25) is 0 Å². The Bertz CT molecular complexity index is 433. The van der Waals surface area contributed by atoms with Gasteiger partial charge in [-0.1, -0.05) is 6.07 Å². The monoisotopic (exact) mass is 299 g/mol. The number of thiophene rings is 1. The highest BCUT2D eigenvalue weighted by atomic mass is 32.2. The van der Waals surface area contributed by atoms with Gasteiger partial charge in [0.2, 0.25) is 5.91 Å². The highest BCUT2D eigenvalue weighted by Gasteiger charge is 2.28. The molecular formula is C13H17NO3S2. The molecule has 1 fully saturated rings. The number of amides is 1. The van der Waals surface area contributed by atoms with Crippen molar-refractivity contribution in [1.82, 2.24) is 4.90 Å². The van der Waals surface area contributed by atoms with Crippen molar-refractivity contribution in [2.45, 2.75) is 25.3 Å². The van der Waals surface area contributed by atoms with Gasteiger partial charge in [0, 0.05) is 29.3 Å². The van der Waals surface area contributed by atoms with Gasteiger partial charge < -0.3 is 10.0 Å². The normalized spacial score (nSPS) is 19.4. The molecule has 19 heavy (non-hydrogen) atoms. The molecular weight excluding hydrogens is 282 g/mol. The first-order valence-corrected chi connectivity index (χ1v) is 8.31. The lowest BCUT2D eigenvalue weighted by molar-refractivity contribution is -0.140. The Labute approximate surface area is 120 Å². The number of nitrogens with zero attached hydrogens (tertiary/aromatic N) is 1. The van der Waals surface area contributed by atoms with Crippen molar-refractivity contribution >= 4 is 35.0 Å². The molecule has 1 aromatic heterocycles. The first-order valence-electron chi connectivity index (χ1n) is 6.28. The highest BCUT2D eigenvalue weighted by Crippen LogP contribution is 2.21. The van der Waals surface area contributed by atoms with Crippen LogP contribution in [0.3, 0.4) is 0 Å². The number of carboxylic acids is 1. The fraction of sp³-hybridized carbons (Fsp3) is 0.538. The van der Waals surface area contributed by atoms with Gasteiger partial charge in [-0.3, -0.25) is 9.59 Å². The van der Waals surface area contributed by atoms with Gasteiger partial charge in [0.25, 0.3) is 0 Å². The number of rotatable bonds is 5. The maximum Gasteiger partial charge on any atom is 0.305 e. The summed E-state index contributed by atoms with van der Waals surface area (Å²) in [5.41, 5.74) is 0. The summed E-state index contributed by atoms with van der Waals surface area (Å²) < 4.78 is 0. The highest BCUT2D eigenvalue weighted by molar-refractivity contribution is 7.99. The third-order valence-corrected chi connectivity index (χ3v) is 5.15. The maximum atomic E-state index is 12.2. The van der Waals surface area contributed by atoms with Crippen molar-refractivity contribution in [2.75, 3.05) is 18.1 Å². The molecule has 0 aliphatic carbocycles. The minimum atomic E-state index is -0.830. The predicted molar refractivity (Wildman–Crippen MR) is 77.7 cm³/mol. The molecule has 0 saturated carbocycles. The third-order valence-electron chi connectivity index (χ3n) is 3.12. The number of hydrogen-bond acceptors (Lipinski definition) is 4. The van der Waals surface area contributed by atoms with Crippen molar-refractivity contribution in [3.8, 4) is 0 Å². The lowest BCUT2D eigenvalue weighted by atomic mass is 10.1. The lowest BCUT2D eigenvalue weighted by Crippen LogP contribution is -2.47. The minimum absolute atomic E-state index is 0.0533. The topological polar surface area (TPSA) is 57.6 Å². The summed E-state index contributed by atoms with van der Waals surface area (Å²) >= 11 is 3.38. The molecule has 1 aliphatic rings. The van der Waals surface area contributed by atoms with Crippen LogP contribution in [0, 0.1) is 0 Å². The minimum Gasteiger partial charge on any atom is -0.481 e. The van der Waals surface area contributed by atoms with E-state index in [4.69, 9.17) is 5.11 Å². The van der Waals surface area contributed by atoms with Crippen molar-refractivity contribution in [1.29, 1.82) is 0 Å². The summed E-state index contributed by atoms with van der Waals surface area (Å²) in [6.45, 7) is 0.673. The molecule has 1 unspecified atom stereocenters. The molecule has 1 aliphatic heterocycles. The summed E-state index contributed by atoms with van der Waals surface area (Å²) in [5, 5.41) is 10.9. The van der Waals surface area contributed by atoms with Crippen LogP contribution in [0.1, 0.15) is 17.7 Å². The largest absolute Gasteiger partial charge is 0.481 e. The average molecular weight is 299 g/mol. The van der Waals surface area contributed by atoms with E-state index in [0.717, 1.165) is 17.9 Å². The second kappa shape index (κ2) is 6.96. The van der Waals surface area contributed by atoms with E-state index in [1.165, 1.54) is 4.88 Å². The maximum absolute atomic E-state index is 12.2. The lowest BCUT2D eigenvalue weighted by Gasteiger charge is -2.34. The third kappa shape index (κ3) is 4.24. The summed E-state index contributed by atoms with van der Waals surface area (Å²) in [6.07, 6.45) is 1.28. The van der Waals surface area contributed by atoms with Gasteiger partial charge in [-0.25, -0.2) is 0 Å². The number of carbonyl (C=O) groups excluding carboxylic acids is 1. The van der Waals surface area contributed by atoms with E-state index < -0.39 is 5.97 Å². The average Bonchev–Trinajstić information content (AvgIpc) is 2.89. The Morgan fingerprint density at radius 3 is 3.00 bits per heavy atom. The number of hydrogen-bond donors (Lipinski definition) is 1. The molecule has 4 nitrogen and oxygen atoms in total. The Hall–Kier alpha value is -1.01. The van der Waals surface area contributed by atoms with Crippen LogP contribution in [0.15, 0.2) is 17.5 Å². The molecule has 0 bridgehead atoms. The molecule has 0 spiro atoms. The quantitative estimate of drug-likeness (QED) is 0.904. The SMILES string of the molecule is O=C(O)CC1CSCCN1C(=O)CCc1cccs1. The van der Waals surface area contributed by atoms with E-state index in [0.29, 0.717) is 13.0 Å². The molecule has 0 radical (unpaired) electrons. The molecule has 2 rings (SSSR count). The number of carbonyl (C=O) groups is 2. The molecule has 1 atom stereocenters. The van der Waals surface area contributed by atoms with Crippen LogP contribution in [0.4, 0.5) is 0 Å². The van der Waals surface area contributed by atoms with Gasteiger partial charge in [-0.05, 0) is 17.9 Å². The van der Waals surface area contributed by atoms with E-state index >= 15 is 0 Å². The van der Waals surface area contributed by atoms with E-state index in [9.17, 15) is 9.59 Å². The van der Waals surface area contributed by atoms with Gasteiger partial charge in [-0.2, -0.15) is 11.8 Å². The molecule has 2 heterocycles. The summed E-state index contributed by atoms with van der Waals surface area (Å²) in [4.78, 5) is 26.0. The molecule has 1 N–H and O–H groups in total. The smallest absolute Gasteiger partial charge is 0.305 e. The zero-order valence-corrected chi connectivity index (χ0v) is 12.2. The van der Waals surface area contributed by atoms with E-state index in [2.05, 4.69) is 0 Å². The van der Waals surface area contributed by atoms with Crippen LogP contribution in [-0.4, -0.2) is 46.0 Å². The Morgan fingerprint density at radius 2 is 2.32 bits per heavy atom. The fourth-order valence-electron chi connectivity index (χ4n) is 2.18. The van der Waals surface area contributed by atoms with E-state index in [1.807, 2.05) is 17.5 Å². The number of carboxylic acid groups (broad SMARTS) is 1. The number of aryl methyl sites for hydroxylation is 1. The summed E-state index contributed by atoms with van der Waals surface area (Å²) in [6, 6.07) is 3.86. The van der Waals surface area contributed by atoms with E-state index in [-0.39, 0.29) is 18.4 Å². The summed E-state index contributed by atoms with van der Waals surface area (Å²) in [7, 11) is 0. The van der Waals surface area contributed by atoms with Crippen molar-refractivity contribution in [2.24, 2.45) is 0 Å². The van der Waals surface area contributed by atoms with Crippen molar-refractivity contribution < 1.29 is 14.7 Å². The standard InChI is InChI=1S/C13H17NO3S2/c15-12(4-3-11-2-1-6-19-11)14-5-7-18-9-10(14)8-13(16)17/h1-2,6,10H,3-5,7-9H2,(H,16,17). The van der Waals surface area contributed by atoms with Crippen LogP contribution in [0.25, 0.3) is 0 Å². The second-order valence-corrected chi connectivity index (χ2v) is 6.68. The van der Waals surface area contributed by atoms with Crippen molar-refractivity contribution in [3.05, 3.63) is 22.4 Å². The second-order valence-electron chi connectivity index (χ2n) is 4.49. The number of aliphatic carboxylic acids is 1. The zero-order valence-electron chi connectivity index (χ0n) is 10.6. The first kappa shape index (κ1) is 14.4. The molecule has 1 aromatic rings. The van der Waals surface area contributed by atoms with Gasteiger partial charge in [0.1, 0.15) is 0 Å². The zero-order chi connectivity index (χ0) is 13.7. The van der Waals surface area contributed by atoms with Gasteiger partial charge in [0.15, 0.2) is 0 Å².